The van der Waals surface area contributed by atoms with Crippen molar-refractivity contribution < 1.29 is 13.2 Å². The SMILES string of the molecule is CC(C)SC1CCC(=O)N1S(=O)(=O)c1ccccc1. The van der Waals surface area contributed by atoms with E-state index in [1.807, 2.05) is 13.8 Å². The third-order valence-corrected chi connectivity index (χ3v) is 6.12. The number of rotatable bonds is 4. The van der Waals surface area contributed by atoms with E-state index in [1.165, 1.54) is 23.9 Å². The normalized spacial score (nSPS) is 20.3. The molecule has 19 heavy (non-hydrogen) atoms. The number of amides is 1. The van der Waals surface area contributed by atoms with E-state index >= 15 is 0 Å². The van der Waals surface area contributed by atoms with Crippen LogP contribution >= 0.6 is 11.8 Å². The predicted octanol–water partition coefficient (Wildman–Crippen LogP) is 2.47. The number of benzene rings is 1. The molecule has 104 valence electrons. The molecule has 1 aromatic rings. The van der Waals surface area contributed by atoms with Crippen LogP contribution in [-0.2, 0) is 14.8 Å². The average Bonchev–Trinajstić information content (AvgIpc) is 2.71. The highest BCUT2D eigenvalue weighted by Crippen LogP contribution is 2.35. The molecule has 0 bridgehead atoms. The van der Waals surface area contributed by atoms with Crippen LogP contribution in [0.25, 0.3) is 0 Å². The summed E-state index contributed by atoms with van der Waals surface area (Å²) in [5.41, 5.74) is 0. The molecule has 4 nitrogen and oxygen atoms in total. The monoisotopic (exact) mass is 299 g/mol. The molecule has 0 saturated carbocycles. The first-order valence-corrected chi connectivity index (χ1v) is 8.59. The molecule has 1 aliphatic heterocycles. The van der Waals surface area contributed by atoms with E-state index in [0.29, 0.717) is 12.8 Å². The van der Waals surface area contributed by atoms with E-state index in [0.717, 1.165) is 4.31 Å². The molecule has 1 aromatic carbocycles. The van der Waals surface area contributed by atoms with Crippen molar-refractivity contribution in [1.29, 1.82) is 0 Å². The Morgan fingerprint density at radius 3 is 2.47 bits per heavy atom. The average molecular weight is 299 g/mol. The standard InChI is InChI=1S/C13H17NO3S2/c1-10(2)18-13-9-8-12(15)14(13)19(16,17)11-6-4-3-5-7-11/h3-7,10,13H,8-9H2,1-2H3. The number of hydrogen-bond donors (Lipinski definition) is 0. The number of hydrogen-bond acceptors (Lipinski definition) is 4. The number of thioether (sulfide) groups is 1. The van der Waals surface area contributed by atoms with Gasteiger partial charge in [0.25, 0.3) is 10.0 Å². The lowest BCUT2D eigenvalue weighted by molar-refractivity contribution is -0.123. The zero-order chi connectivity index (χ0) is 14.0. The summed E-state index contributed by atoms with van der Waals surface area (Å²) in [6, 6.07) is 8.14. The molecule has 1 atom stereocenters. The molecular formula is C13H17NO3S2. The van der Waals surface area contributed by atoms with Crippen LogP contribution in [0, 0.1) is 0 Å². The fourth-order valence-electron chi connectivity index (χ4n) is 2.07. The molecule has 0 N–H and O–H groups in total. The number of carbonyl (C=O) groups excluding carboxylic acids is 1. The Morgan fingerprint density at radius 2 is 1.89 bits per heavy atom. The lowest BCUT2D eigenvalue weighted by Crippen LogP contribution is -2.37. The molecule has 1 saturated heterocycles. The Morgan fingerprint density at radius 1 is 1.26 bits per heavy atom. The summed E-state index contributed by atoms with van der Waals surface area (Å²) < 4.78 is 26.1. The topological polar surface area (TPSA) is 54.5 Å². The van der Waals surface area contributed by atoms with Crippen LogP contribution in [0.2, 0.25) is 0 Å². The number of nitrogens with zero attached hydrogens (tertiary/aromatic N) is 1. The minimum absolute atomic E-state index is 0.180. The summed E-state index contributed by atoms with van der Waals surface area (Å²) in [5.74, 6) is -0.304. The largest absolute Gasteiger partial charge is 0.274 e. The van der Waals surface area contributed by atoms with E-state index in [-0.39, 0.29) is 21.4 Å². The smallest absolute Gasteiger partial charge is 0.267 e. The number of carbonyl (C=O) groups is 1. The van der Waals surface area contributed by atoms with Crippen molar-refractivity contribution in [3.8, 4) is 0 Å². The molecule has 1 heterocycles. The van der Waals surface area contributed by atoms with Crippen molar-refractivity contribution in [2.75, 3.05) is 0 Å². The van der Waals surface area contributed by atoms with Crippen LogP contribution in [0.1, 0.15) is 26.7 Å². The van der Waals surface area contributed by atoms with Gasteiger partial charge in [0.15, 0.2) is 0 Å². The maximum atomic E-state index is 12.5. The van der Waals surface area contributed by atoms with Gasteiger partial charge < -0.3 is 0 Å². The van der Waals surface area contributed by atoms with Crippen LogP contribution in [0.4, 0.5) is 0 Å². The van der Waals surface area contributed by atoms with Crippen LogP contribution < -0.4 is 0 Å². The van der Waals surface area contributed by atoms with Gasteiger partial charge >= 0.3 is 0 Å². The van der Waals surface area contributed by atoms with E-state index in [1.54, 1.807) is 18.2 Å². The zero-order valence-corrected chi connectivity index (χ0v) is 12.6. The van der Waals surface area contributed by atoms with Gasteiger partial charge in [-0.15, -0.1) is 11.8 Å². The van der Waals surface area contributed by atoms with Crippen LogP contribution in [-0.4, -0.2) is 29.3 Å². The van der Waals surface area contributed by atoms with Gasteiger partial charge in [-0.05, 0) is 18.6 Å². The fraction of sp³-hybridized carbons (Fsp3) is 0.462. The van der Waals surface area contributed by atoms with Crippen LogP contribution in [0.15, 0.2) is 35.2 Å². The first kappa shape index (κ1) is 14.4. The van der Waals surface area contributed by atoms with E-state index < -0.39 is 10.0 Å². The van der Waals surface area contributed by atoms with Gasteiger partial charge in [-0.3, -0.25) is 4.79 Å². The first-order chi connectivity index (χ1) is 8.93. The molecule has 0 aromatic heterocycles. The molecule has 0 aliphatic carbocycles. The minimum atomic E-state index is -3.72. The Balaban J connectivity index is 2.35. The maximum Gasteiger partial charge on any atom is 0.267 e. The summed E-state index contributed by atoms with van der Waals surface area (Å²) in [6.45, 7) is 4.00. The third-order valence-electron chi connectivity index (χ3n) is 2.84. The summed E-state index contributed by atoms with van der Waals surface area (Å²) in [5, 5.41) is 0.00193. The molecule has 2 rings (SSSR count). The lowest BCUT2D eigenvalue weighted by atomic mass is 10.4. The lowest BCUT2D eigenvalue weighted by Gasteiger charge is -2.25. The van der Waals surface area contributed by atoms with E-state index in [4.69, 9.17) is 0 Å². The summed E-state index contributed by atoms with van der Waals surface area (Å²) >= 11 is 1.52. The molecule has 1 fully saturated rings. The third kappa shape index (κ3) is 2.95. The Hall–Kier alpha value is -1.01. The van der Waals surface area contributed by atoms with Gasteiger partial charge in [0, 0.05) is 11.7 Å². The van der Waals surface area contributed by atoms with Crippen molar-refractivity contribution in [2.45, 2.75) is 42.2 Å². The minimum Gasteiger partial charge on any atom is -0.274 e. The second-order valence-corrected chi connectivity index (χ2v) is 8.26. The van der Waals surface area contributed by atoms with Gasteiger partial charge in [-0.25, -0.2) is 12.7 Å². The van der Waals surface area contributed by atoms with Crippen molar-refractivity contribution in [3.05, 3.63) is 30.3 Å². The van der Waals surface area contributed by atoms with Crippen LogP contribution in [0.5, 0.6) is 0 Å². The Labute approximate surface area is 118 Å². The maximum absolute atomic E-state index is 12.5. The predicted molar refractivity (Wildman–Crippen MR) is 76.2 cm³/mol. The molecule has 1 unspecified atom stereocenters. The molecule has 0 spiro atoms. The quantitative estimate of drug-likeness (QED) is 0.857. The highest BCUT2D eigenvalue weighted by atomic mass is 32.2. The van der Waals surface area contributed by atoms with Gasteiger partial charge in [0.1, 0.15) is 0 Å². The number of sulfonamides is 1. The first-order valence-electron chi connectivity index (χ1n) is 6.20. The fourth-order valence-corrected chi connectivity index (χ4v) is 5.17. The second kappa shape index (κ2) is 5.54. The molecular weight excluding hydrogens is 282 g/mol. The molecule has 0 radical (unpaired) electrons. The summed E-state index contributed by atoms with van der Waals surface area (Å²) in [6.07, 6.45) is 0.893. The second-order valence-electron chi connectivity index (χ2n) is 4.69. The summed E-state index contributed by atoms with van der Waals surface area (Å²) in [7, 11) is -3.72. The van der Waals surface area contributed by atoms with E-state index in [2.05, 4.69) is 0 Å². The molecule has 1 aliphatic rings. The summed E-state index contributed by atoms with van der Waals surface area (Å²) in [4.78, 5) is 12.1. The van der Waals surface area contributed by atoms with Crippen molar-refractivity contribution in [1.82, 2.24) is 4.31 Å². The zero-order valence-electron chi connectivity index (χ0n) is 10.9. The Bertz CT molecular complexity index is 555. The van der Waals surface area contributed by atoms with Crippen molar-refractivity contribution in [2.24, 2.45) is 0 Å². The molecule has 6 heteroatoms. The van der Waals surface area contributed by atoms with E-state index in [9.17, 15) is 13.2 Å². The van der Waals surface area contributed by atoms with Crippen LogP contribution in [0.3, 0.4) is 0 Å². The Kier molecular flexibility index (Phi) is 4.20. The highest BCUT2D eigenvalue weighted by Gasteiger charge is 2.40. The van der Waals surface area contributed by atoms with Gasteiger partial charge in [0.2, 0.25) is 5.91 Å². The van der Waals surface area contributed by atoms with Gasteiger partial charge in [-0.2, -0.15) is 0 Å². The van der Waals surface area contributed by atoms with Crippen molar-refractivity contribution >= 4 is 27.7 Å². The van der Waals surface area contributed by atoms with Gasteiger partial charge in [0.05, 0.1) is 10.3 Å². The highest BCUT2D eigenvalue weighted by molar-refractivity contribution is 8.01. The van der Waals surface area contributed by atoms with Crippen molar-refractivity contribution in [3.63, 3.8) is 0 Å². The molecule has 1 amide bonds. The van der Waals surface area contributed by atoms with Gasteiger partial charge in [-0.1, -0.05) is 32.0 Å².